The smallest absolute Gasteiger partial charge is 0.00597 e. The lowest BCUT2D eigenvalue weighted by molar-refractivity contribution is 0.307. The summed E-state index contributed by atoms with van der Waals surface area (Å²) < 4.78 is 0. The van der Waals surface area contributed by atoms with E-state index >= 15 is 0 Å². The molecule has 0 radical (unpaired) electrons. The van der Waals surface area contributed by atoms with Crippen molar-refractivity contribution < 1.29 is 0 Å². The van der Waals surface area contributed by atoms with Crippen molar-refractivity contribution in [3.05, 3.63) is 37.0 Å². The van der Waals surface area contributed by atoms with E-state index in [9.17, 15) is 0 Å². The Bertz CT molecular complexity index is 222. The lowest BCUT2D eigenvalue weighted by atomic mass is 9.68. The molecule has 0 bridgehead atoms. The normalized spacial score (nSPS) is 34.7. The van der Waals surface area contributed by atoms with Crippen LogP contribution in [0.1, 0.15) is 26.7 Å². The van der Waals surface area contributed by atoms with Gasteiger partial charge in [0.2, 0.25) is 0 Å². The maximum Gasteiger partial charge on any atom is 0.00597 e. The van der Waals surface area contributed by atoms with Crippen LogP contribution in [-0.2, 0) is 0 Å². The van der Waals surface area contributed by atoms with Crippen molar-refractivity contribution in [3.63, 3.8) is 0 Å². The lowest BCUT2D eigenvalue weighted by Crippen LogP contribution is -2.26. The number of hydrogen-bond acceptors (Lipinski definition) is 0. The fraction of sp³-hybridized carbons (Fsp3) is 0.500. The zero-order valence-corrected chi connectivity index (χ0v) is 8.14. The van der Waals surface area contributed by atoms with Gasteiger partial charge in [-0.2, -0.15) is 0 Å². The summed E-state index contributed by atoms with van der Waals surface area (Å²) in [6, 6.07) is 0. The molecule has 1 aliphatic carbocycles. The number of hydrogen-bond donors (Lipinski definition) is 0. The predicted octanol–water partition coefficient (Wildman–Crippen LogP) is 3.72. The van der Waals surface area contributed by atoms with Gasteiger partial charge in [0, 0.05) is 5.92 Å². The molecular formula is C12H18. The largest absolute Gasteiger partial charge is 0.102 e. The third-order valence-electron chi connectivity index (χ3n) is 2.89. The van der Waals surface area contributed by atoms with Gasteiger partial charge < -0.3 is 0 Å². The first-order valence-corrected chi connectivity index (χ1v) is 4.56. The summed E-state index contributed by atoms with van der Waals surface area (Å²) in [5, 5.41) is 0. The van der Waals surface area contributed by atoms with Crippen LogP contribution >= 0.6 is 0 Å². The average molecular weight is 162 g/mol. The second-order valence-corrected chi connectivity index (χ2v) is 4.00. The molecule has 0 aromatic carbocycles. The third kappa shape index (κ3) is 1.52. The molecule has 0 spiro atoms. The molecule has 1 aliphatic rings. The van der Waals surface area contributed by atoms with Crippen molar-refractivity contribution in [3.8, 4) is 0 Å². The van der Waals surface area contributed by atoms with Crippen LogP contribution in [0.25, 0.3) is 0 Å². The molecule has 0 saturated carbocycles. The zero-order valence-electron chi connectivity index (χ0n) is 8.14. The van der Waals surface area contributed by atoms with Gasteiger partial charge in [0.05, 0.1) is 0 Å². The second kappa shape index (κ2) is 3.30. The minimum absolute atomic E-state index is 0.237. The predicted molar refractivity (Wildman–Crippen MR) is 55.0 cm³/mol. The van der Waals surface area contributed by atoms with Crippen molar-refractivity contribution in [2.24, 2.45) is 11.3 Å². The second-order valence-electron chi connectivity index (χ2n) is 4.00. The Balaban J connectivity index is 2.93. The van der Waals surface area contributed by atoms with Crippen molar-refractivity contribution >= 4 is 0 Å². The van der Waals surface area contributed by atoms with Crippen LogP contribution in [0.4, 0.5) is 0 Å². The Morgan fingerprint density at radius 3 is 2.75 bits per heavy atom. The first-order chi connectivity index (χ1) is 5.60. The average Bonchev–Trinajstić information content (AvgIpc) is 2.05. The molecule has 0 aromatic heterocycles. The fourth-order valence-corrected chi connectivity index (χ4v) is 1.96. The summed E-state index contributed by atoms with van der Waals surface area (Å²) in [4.78, 5) is 0. The summed E-state index contributed by atoms with van der Waals surface area (Å²) in [6.45, 7) is 12.3. The molecule has 0 saturated heterocycles. The molecule has 0 heterocycles. The molecule has 66 valence electrons. The van der Waals surface area contributed by atoms with Crippen molar-refractivity contribution in [2.45, 2.75) is 26.7 Å². The van der Waals surface area contributed by atoms with E-state index in [0.717, 1.165) is 0 Å². The molecule has 0 fully saturated rings. The van der Waals surface area contributed by atoms with Crippen LogP contribution in [0, 0.1) is 11.3 Å². The fourth-order valence-electron chi connectivity index (χ4n) is 1.96. The van der Waals surface area contributed by atoms with Gasteiger partial charge in [-0.15, -0.1) is 6.58 Å². The van der Waals surface area contributed by atoms with E-state index < -0.39 is 0 Å². The Morgan fingerprint density at radius 1 is 1.67 bits per heavy atom. The van der Waals surface area contributed by atoms with E-state index in [1.807, 2.05) is 0 Å². The molecule has 0 N–H and O–H groups in total. The monoisotopic (exact) mass is 162 g/mol. The summed E-state index contributed by atoms with van der Waals surface area (Å²) in [7, 11) is 0. The first kappa shape index (κ1) is 9.31. The van der Waals surface area contributed by atoms with Gasteiger partial charge in [0.25, 0.3) is 0 Å². The van der Waals surface area contributed by atoms with E-state index in [1.54, 1.807) is 0 Å². The van der Waals surface area contributed by atoms with Gasteiger partial charge >= 0.3 is 0 Å². The third-order valence-corrected chi connectivity index (χ3v) is 2.89. The molecule has 0 amide bonds. The summed E-state index contributed by atoms with van der Waals surface area (Å²) >= 11 is 0. The highest BCUT2D eigenvalue weighted by Crippen LogP contribution is 2.41. The molecule has 1 rings (SSSR count). The summed E-state index contributed by atoms with van der Waals surface area (Å²) in [5.41, 5.74) is 1.48. The van der Waals surface area contributed by atoms with Crippen LogP contribution in [0.3, 0.4) is 0 Å². The van der Waals surface area contributed by atoms with E-state index in [1.165, 1.54) is 18.4 Å². The van der Waals surface area contributed by atoms with Gasteiger partial charge in [-0.05, 0) is 25.2 Å². The Hall–Kier alpha value is -0.780. The van der Waals surface area contributed by atoms with Crippen LogP contribution < -0.4 is 0 Å². The van der Waals surface area contributed by atoms with Gasteiger partial charge in [0.15, 0.2) is 0 Å². The van der Waals surface area contributed by atoms with Crippen LogP contribution in [0.2, 0.25) is 0 Å². The molecule has 12 heavy (non-hydrogen) atoms. The van der Waals surface area contributed by atoms with E-state index in [0.29, 0.717) is 5.92 Å². The highest BCUT2D eigenvalue weighted by Gasteiger charge is 2.31. The van der Waals surface area contributed by atoms with Crippen LogP contribution in [0.5, 0.6) is 0 Å². The highest BCUT2D eigenvalue weighted by atomic mass is 14.3. The van der Waals surface area contributed by atoms with E-state index in [-0.39, 0.29) is 5.41 Å². The number of allylic oxidation sites excluding steroid dienone is 4. The molecular weight excluding hydrogens is 144 g/mol. The molecule has 0 heteroatoms. The minimum Gasteiger partial charge on any atom is -0.102 e. The van der Waals surface area contributed by atoms with Crippen molar-refractivity contribution in [2.75, 3.05) is 0 Å². The summed E-state index contributed by atoms with van der Waals surface area (Å²) in [6.07, 6.45) is 8.98. The first-order valence-electron chi connectivity index (χ1n) is 4.56. The zero-order chi connectivity index (χ0) is 9.19. The Morgan fingerprint density at radius 2 is 2.33 bits per heavy atom. The topological polar surface area (TPSA) is 0 Å². The maximum absolute atomic E-state index is 4.02. The Kier molecular flexibility index (Phi) is 2.56. The van der Waals surface area contributed by atoms with Crippen molar-refractivity contribution in [1.82, 2.24) is 0 Å². The molecule has 2 atom stereocenters. The van der Waals surface area contributed by atoms with Gasteiger partial charge in [0.1, 0.15) is 0 Å². The van der Waals surface area contributed by atoms with E-state index in [4.69, 9.17) is 0 Å². The Labute approximate surface area is 75.7 Å². The molecule has 0 aliphatic heterocycles. The highest BCUT2D eigenvalue weighted by molar-refractivity contribution is 5.19. The van der Waals surface area contributed by atoms with Gasteiger partial charge in [-0.3, -0.25) is 0 Å². The molecule has 0 aromatic rings. The van der Waals surface area contributed by atoms with Crippen LogP contribution in [-0.4, -0.2) is 0 Å². The summed E-state index contributed by atoms with van der Waals surface area (Å²) in [5.74, 6) is 0.490. The minimum atomic E-state index is 0.237. The van der Waals surface area contributed by atoms with Gasteiger partial charge in [-0.1, -0.05) is 37.3 Å². The van der Waals surface area contributed by atoms with Crippen LogP contribution in [0.15, 0.2) is 37.0 Å². The SMILES string of the molecule is C=CC1(C)CCC=CC1C(=C)C. The lowest BCUT2D eigenvalue weighted by Gasteiger charge is -2.36. The number of rotatable bonds is 2. The van der Waals surface area contributed by atoms with E-state index in [2.05, 4.69) is 45.2 Å². The molecule has 2 unspecified atom stereocenters. The van der Waals surface area contributed by atoms with Gasteiger partial charge in [-0.25, -0.2) is 0 Å². The van der Waals surface area contributed by atoms with Crippen molar-refractivity contribution in [1.29, 1.82) is 0 Å². The maximum atomic E-state index is 4.02. The quantitative estimate of drug-likeness (QED) is 0.543. The standard InChI is InChI=1S/C12H18/c1-5-12(4)9-7-6-8-11(12)10(2)3/h5-6,8,11H,1-2,7,9H2,3-4H3. The molecule has 0 nitrogen and oxygen atoms in total.